The number of amides is 1. The van der Waals surface area contributed by atoms with Crippen molar-refractivity contribution in [2.45, 2.75) is 4.90 Å². The van der Waals surface area contributed by atoms with Crippen LogP contribution in [0.5, 0.6) is 0 Å². The van der Waals surface area contributed by atoms with Crippen molar-refractivity contribution in [2.75, 3.05) is 36.5 Å². The second-order valence-electron chi connectivity index (χ2n) is 6.36. The van der Waals surface area contributed by atoms with E-state index in [1.807, 2.05) is 4.90 Å². The molecule has 4 heterocycles. The monoisotopic (exact) mass is 415 g/mol. The minimum Gasteiger partial charge on any atom is -0.378 e. The maximum absolute atomic E-state index is 12.9. The molecule has 0 spiro atoms. The molecule has 9 nitrogen and oxygen atoms in total. The van der Waals surface area contributed by atoms with E-state index in [2.05, 4.69) is 15.3 Å². The van der Waals surface area contributed by atoms with E-state index in [1.165, 1.54) is 36.9 Å². The third kappa shape index (κ3) is 4.13. The van der Waals surface area contributed by atoms with Gasteiger partial charge in [0.1, 0.15) is 16.4 Å². The van der Waals surface area contributed by atoms with E-state index in [-0.39, 0.29) is 12.0 Å². The Kier molecular flexibility index (Phi) is 5.28. The molecule has 1 fully saturated rings. The highest BCUT2D eigenvalue weighted by molar-refractivity contribution is 7.90. The maximum Gasteiger partial charge on any atom is 0.274 e. The molecule has 29 heavy (non-hydrogen) atoms. The molecule has 4 rings (SSSR count). The molecule has 3 aromatic heterocycles. The molecular formula is C19H21N5O4S. The summed E-state index contributed by atoms with van der Waals surface area (Å²) in [5, 5.41) is 2.63. The summed E-state index contributed by atoms with van der Waals surface area (Å²) in [6, 6.07) is 9.70. The predicted octanol–water partition coefficient (Wildman–Crippen LogP) is 1.85. The van der Waals surface area contributed by atoms with E-state index >= 15 is 0 Å². The predicted molar refractivity (Wildman–Crippen MR) is 109 cm³/mol. The Morgan fingerprint density at radius 2 is 1.93 bits per heavy atom. The van der Waals surface area contributed by atoms with Crippen molar-refractivity contribution < 1.29 is 19.4 Å². The van der Waals surface area contributed by atoms with Gasteiger partial charge in [-0.15, -0.1) is 0 Å². The Balaban J connectivity index is 0.00000256. The quantitative estimate of drug-likeness (QED) is 0.678. The van der Waals surface area contributed by atoms with Crippen LogP contribution >= 0.6 is 0 Å². The number of morpholine rings is 1. The van der Waals surface area contributed by atoms with E-state index in [4.69, 9.17) is 4.74 Å². The minimum absolute atomic E-state index is 0. The van der Waals surface area contributed by atoms with Crippen LogP contribution in [0, 0.1) is 0 Å². The molecule has 0 atom stereocenters. The van der Waals surface area contributed by atoms with Gasteiger partial charge in [-0.2, -0.15) is 0 Å². The van der Waals surface area contributed by atoms with Crippen LogP contribution in [0.3, 0.4) is 0 Å². The zero-order chi connectivity index (χ0) is 20.3. The highest BCUT2D eigenvalue weighted by atomic mass is 32.2. The van der Waals surface area contributed by atoms with E-state index in [9.17, 15) is 13.2 Å². The van der Waals surface area contributed by atoms with Crippen LogP contribution in [0.2, 0.25) is 0 Å². The van der Waals surface area contributed by atoms with Gasteiger partial charge in [0.25, 0.3) is 15.9 Å². The van der Waals surface area contributed by atoms with Crippen LogP contribution in [0.1, 0.15) is 11.9 Å². The number of carbonyl (C=O) groups is 1. The minimum atomic E-state index is -3.82. The SMILES string of the molecule is O=C(Nc1ccn(S(=O)(=O)c2ccc(N3CCOCC3)nc2)c1)c1ccccn1.[HH]. The summed E-state index contributed by atoms with van der Waals surface area (Å²) in [4.78, 5) is 22.5. The van der Waals surface area contributed by atoms with Crippen LogP contribution < -0.4 is 10.2 Å². The first-order chi connectivity index (χ1) is 14.0. The molecular weight excluding hydrogens is 394 g/mol. The van der Waals surface area contributed by atoms with Crippen molar-refractivity contribution in [2.24, 2.45) is 0 Å². The number of carbonyl (C=O) groups excluding carboxylic acids is 1. The fourth-order valence-corrected chi connectivity index (χ4v) is 4.06. The molecule has 0 bridgehead atoms. The summed E-state index contributed by atoms with van der Waals surface area (Å²) in [6.07, 6.45) is 5.57. The Hall–Kier alpha value is -3.24. The normalized spacial score (nSPS) is 14.6. The van der Waals surface area contributed by atoms with E-state index in [0.29, 0.717) is 24.7 Å². The molecule has 1 aliphatic heterocycles. The van der Waals surface area contributed by atoms with Gasteiger partial charge in [0.05, 0.1) is 18.9 Å². The standard InChI is InChI=1S/C19H19N5O4S.H2/c25-19(17-3-1-2-7-20-17)22-15-6-8-24(14-15)29(26,27)16-4-5-18(21-13-16)23-9-11-28-12-10-23;/h1-8,13-14H,9-12H2,(H,22,25);1H. The second kappa shape index (κ2) is 8.02. The smallest absolute Gasteiger partial charge is 0.274 e. The van der Waals surface area contributed by atoms with Gasteiger partial charge in [-0.1, -0.05) is 6.07 Å². The number of nitrogens with one attached hydrogen (secondary N) is 1. The molecule has 152 valence electrons. The van der Waals surface area contributed by atoms with Crippen LogP contribution in [0.15, 0.2) is 66.1 Å². The van der Waals surface area contributed by atoms with Gasteiger partial charge in [0.2, 0.25) is 0 Å². The number of hydrogen-bond acceptors (Lipinski definition) is 7. The van der Waals surface area contributed by atoms with Crippen molar-refractivity contribution in [1.82, 2.24) is 13.9 Å². The summed E-state index contributed by atoms with van der Waals surface area (Å²) in [7, 11) is -3.82. The number of rotatable bonds is 5. The fraction of sp³-hybridized carbons (Fsp3) is 0.211. The van der Waals surface area contributed by atoms with E-state index in [1.54, 1.807) is 24.3 Å². The molecule has 1 aliphatic rings. The fourth-order valence-electron chi connectivity index (χ4n) is 2.92. The molecule has 1 N–H and O–H groups in total. The number of nitrogens with zero attached hydrogens (tertiary/aromatic N) is 4. The van der Waals surface area contributed by atoms with Gasteiger partial charge in [-0.05, 0) is 30.3 Å². The van der Waals surface area contributed by atoms with E-state index in [0.717, 1.165) is 17.1 Å². The lowest BCUT2D eigenvalue weighted by atomic mass is 10.3. The molecule has 1 saturated heterocycles. The first-order valence-electron chi connectivity index (χ1n) is 8.99. The van der Waals surface area contributed by atoms with E-state index < -0.39 is 15.9 Å². The lowest BCUT2D eigenvalue weighted by Crippen LogP contribution is -2.36. The number of ether oxygens (including phenoxy) is 1. The van der Waals surface area contributed by atoms with Crippen LogP contribution in [-0.4, -0.2) is 54.6 Å². The van der Waals surface area contributed by atoms with Crippen molar-refractivity contribution >= 4 is 27.4 Å². The molecule has 10 heteroatoms. The van der Waals surface area contributed by atoms with Crippen LogP contribution in [0.4, 0.5) is 11.5 Å². The van der Waals surface area contributed by atoms with Crippen LogP contribution in [-0.2, 0) is 14.8 Å². The molecule has 0 aliphatic carbocycles. The second-order valence-corrected chi connectivity index (χ2v) is 8.20. The number of aromatic nitrogens is 3. The molecule has 0 saturated carbocycles. The Bertz CT molecular complexity index is 1100. The molecule has 0 unspecified atom stereocenters. The maximum atomic E-state index is 12.9. The molecule has 0 radical (unpaired) electrons. The van der Waals surface area contributed by atoms with Gasteiger partial charge in [-0.3, -0.25) is 9.78 Å². The zero-order valence-corrected chi connectivity index (χ0v) is 16.2. The Morgan fingerprint density at radius 1 is 1.10 bits per heavy atom. The number of pyridine rings is 2. The summed E-state index contributed by atoms with van der Waals surface area (Å²) in [5.41, 5.74) is 0.591. The third-order valence-electron chi connectivity index (χ3n) is 4.45. The summed E-state index contributed by atoms with van der Waals surface area (Å²) >= 11 is 0. The summed E-state index contributed by atoms with van der Waals surface area (Å²) in [6.45, 7) is 2.68. The van der Waals surface area contributed by atoms with Crippen molar-refractivity contribution in [1.29, 1.82) is 0 Å². The molecule has 0 aromatic carbocycles. The topological polar surface area (TPSA) is 106 Å². The van der Waals surface area contributed by atoms with Crippen LogP contribution in [0.25, 0.3) is 0 Å². The van der Waals surface area contributed by atoms with Gasteiger partial charge in [-0.25, -0.2) is 17.4 Å². The Morgan fingerprint density at radius 3 is 2.62 bits per heavy atom. The third-order valence-corrected chi connectivity index (χ3v) is 6.07. The first kappa shape index (κ1) is 19.1. The van der Waals surface area contributed by atoms with Gasteiger partial charge in [0, 0.05) is 39.3 Å². The Labute approximate surface area is 169 Å². The van der Waals surface area contributed by atoms with Gasteiger partial charge in [0.15, 0.2) is 0 Å². The molecule has 1 amide bonds. The number of anilines is 2. The van der Waals surface area contributed by atoms with Gasteiger partial charge < -0.3 is 15.0 Å². The van der Waals surface area contributed by atoms with Gasteiger partial charge >= 0.3 is 0 Å². The van der Waals surface area contributed by atoms with Crippen molar-refractivity contribution in [3.63, 3.8) is 0 Å². The van der Waals surface area contributed by atoms with Crippen molar-refractivity contribution in [3.05, 3.63) is 66.9 Å². The zero-order valence-electron chi connectivity index (χ0n) is 15.4. The largest absolute Gasteiger partial charge is 0.378 e. The average Bonchev–Trinajstić information content (AvgIpc) is 3.24. The number of hydrogen-bond donors (Lipinski definition) is 1. The average molecular weight is 415 g/mol. The lowest BCUT2D eigenvalue weighted by Gasteiger charge is -2.27. The summed E-state index contributed by atoms with van der Waals surface area (Å²) in [5.74, 6) is 0.292. The lowest BCUT2D eigenvalue weighted by molar-refractivity contribution is 0.102. The summed E-state index contributed by atoms with van der Waals surface area (Å²) < 4.78 is 32.1. The highest BCUT2D eigenvalue weighted by Gasteiger charge is 2.19. The molecule has 3 aromatic rings. The highest BCUT2D eigenvalue weighted by Crippen LogP contribution is 2.20. The van der Waals surface area contributed by atoms with Crippen molar-refractivity contribution in [3.8, 4) is 0 Å². The first-order valence-corrected chi connectivity index (χ1v) is 10.4.